The van der Waals surface area contributed by atoms with Crippen LogP contribution in [0.3, 0.4) is 0 Å². The van der Waals surface area contributed by atoms with E-state index in [1.54, 1.807) is 17.4 Å². The minimum Gasteiger partial charge on any atom is -0.508 e. The van der Waals surface area contributed by atoms with Gasteiger partial charge in [-0.15, -0.1) is 11.3 Å². The highest BCUT2D eigenvalue weighted by molar-refractivity contribution is 7.13. The van der Waals surface area contributed by atoms with Gasteiger partial charge in [0, 0.05) is 18.2 Å². The lowest BCUT2D eigenvalue weighted by Gasteiger charge is -2.25. The van der Waals surface area contributed by atoms with Crippen molar-refractivity contribution in [2.24, 2.45) is 0 Å². The van der Waals surface area contributed by atoms with Gasteiger partial charge in [0.05, 0.1) is 16.8 Å². The molecule has 2 heterocycles. The number of hydrogen-bond donors (Lipinski definition) is 3. The molecule has 0 radical (unpaired) electrons. The number of rotatable bonds is 4. The highest BCUT2D eigenvalue weighted by atomic mass is 32.1. The monoisotopic (exact) mass is 325 g/mol. The van der Waals surface area contributed by atoms with Crippen LogP contribution >= 0.6 is 11.3 Å². The third-order valence-corrected chi connectivity index (χ3v) is 5.37. The molecule has 0 saturated carbocycles. The number of aromatic hydroxyl groups is 1. The quantitative estimate of drug-likeness (QED) is 0.688. The second-order valence-electron chi connectivity index (χ2n) is 6.02. The molecule has 1 atom stereocenters. The largest absolute Gasteiger partial charge is 0.508 e. The molecule has 0 fully saturated rings. The smallest absolute Gasteiger partial charge is 0.115 e. The summed E-state index contributed by atoms with van der Waals surface area (Å²) >= 11 is 1.73. The molecule has 0 saturated heterocycles. The molecular weight excluding hydrogens is 306 g/mol. The van der Waals surface area contributed by atoms with Gasteiger partial charge in [0.1, 0.15) is 5.75 Å². The van der Waals surface area contributed by atoms with E-state index in [1.165, 1.54) is 21.6 Å². The Morgan fingerprint density at radius 2 is 2.26 bits per heavy atom. The van der Waals surface area contributed by atoms with Crippen molar-refractivity contribution in [3.8, 4) is 16.3 Å². The van der Waals surface area contributed by atoms with Crippen molar-refractivity contribution in [3.63, 3.8) is 0 Å². The summed E-state index contributed by atoms with van der Waals surface area (Å²) < 4.78 is 0. The average molecular weight is 325 g/mol. The molecule has 0 amide bonds. The van der Waals surface area contributed by atoms with E-state index in [2.05, 4.69) is 33.0 Å². The fraction of sp³-hybridized carbons (Fsp3) is 0.278. The molecule has 1 unspecified atom stereocenters. The van der Waals surface area contributed by atoms with Crippen molar-refractivity contribution < 1.29 is 5.11 Å². The highest BCUT2D eigenvalue weighted by Gasteiger charge is 2.19. The van der Waals surface area contributed by atoms with Gasteiger partial charge in [-0.3, -0.25) is 5.10 Å². The van der Waals surface area contributed by atoms with Gasteiger partial charge >= 0.3 is 0 Å². The zero-order valence-electron chi connectivity index (χ0n) is 12.7. The van der Waals surface area contributed by atoms with Crippen LogP contribution in [-0.2, 0) is 19.4 Å². The molecule has 1 aliphatic carbocycles. The fourth-order valence-corrected chi connectivity index (χ4v) is 4.00. The number of nitrogens with one attached hydrogen (secondary N) is 2. The van der Waals surface area contributed by atoms with Crippen molar-refractivity contribution in [1.82, 2.24) is 15.5 Å². The minimum atomic E-state index is 0.370. The summed E-state index contributed by atoms with van der Waals surface area (Å²) in [5.41, 5.74) is 4.96. The Balaban J connectivity index is 1.43. The molecule has 3 N–H and O–H groups in total. The third kappa shape index (κ3) is 3.02. The Morgan fingerprint density at radius 1 is 1.30 bits per heavy atom. The van der Waals surface area contributed by atoms with Gasteiger partial charge in [0.25, 0.3) is 0 Å². The number of H-pyrrole nitrogens is 1. The molecule has 1 aromatic carbocycles. The van der Waals surface area contributed by atoms with E-state index in [9.17, 15) is 5.11 Å². The standard InChI is InChI=1S/C18H19N3OS/c22-16-6-4-12-8-15(5-3-13(12)9-16)19-10-14-11-20-21-18(14)17-2-1-7-23-17/h1-2,4,6-7,9,11,15,19,22H,3,5,8,10H2,(H,20,21). The number of phenolic OH excluding ortho intramolecular Hbond substituents is 1. The third-order valence-electron chi connectivity index (χ3n) is 4.48. The van der Waals surface area contributed by atoms with Gasteiger partial charge in [-0.1, -0.05) is 12.1 Å². The first-order chi connectivity index (χ1) is 11.3. The number of aromatic nitrogens is 2. The van der Waals surface area contributed by atoms with E-state index in [-0.39, 0.29) is 0 Å². The van der Waals surface area contributed by atoms with Crippen LogP contribution in [0.4, 0.5) is 0 Å². The van der Waals surface area contributed by atoms with E-state index in [0.29, 0.717) is 11.8 Å². The van der Waals surface area contributed by atoms with Gasteiger partial charge in [0.2, 0.25) is 0 Å². The lowest BCUT2D eigenvalue weighted by atomic mass is 9.88. The van der Waals surface area contributed by atoms with Gasteiger partial charge in [-0.2, -0.15) is 5.10 Å². The molecule has 1 aliphatic rings. The summed E-state index contributed by atoms with van der Waals surface area (Å²) in [7, 11) is 0. The van der Waals surface area contributed by atoms with Crippen molar-refractivity contribution in [1.29, 1.82) is 0 Å². The van der Waals surface area contributed by atoms with E-state index in [1.807, 2.05) is 18.3 Å². The molecule has 0 aliphatic heterocycles. The molecule has 5 heteroatoms. The summed E-state index contributed by atoms with van der Waals surface area (Å²) in [6, 6.07) is 10.4. The zero-order chi connectivity index (χ0) is 15.6. The summed E-state index contributed by atoms with van der Waals surface area (Å²) in [6.07, 6.45) is 5.05. The maximum atomic E-state index is 9.58. The Labute approximate surface area is 139 Å². The number of fused-ring (bicyclic) bond motifs is 1. The first-order valence-corrected chi connectivity index (χ1v) is 8.78. The molecule has 118 valence electrons. The van der Waals surface area contributed by atoms with Crippen molar-refractivity contribution >= 4 is 11.3 Å². The van der Waals surface area contributed by atoms with Crippen LogP contribution in [0.2, 0.25) is 0 Å². The Morgan fingerprint density at radius 3 is 3.13 bits per heavy atom. The second kappa shape index (κ2) is 6.18. The van der Waals surface area contributed by atoms with Crippen LogP contribution in [0.15, 0.2) is 41.9 Å². The fourth-order valence-electron chi connectivity index (χ4n) is 3.25. The number of nitrogens with zero attached hydrogens (tertiary/aromatic N) is 1. The number of phenols is 1. The Kier molecular flexibility index (Phi) is 3.89. The Hall–Kier alpha value is -2.11. The first-order valence-electron chi connectivity index (χ1n) is 7.90. The summed E-state index contributed by atoms with van der Waals surface area (Å²) in [5, 5.41) is 22.6. The molecular formula is C18H19N3OS. The van der Waals surface area contributed by atoms with Crippen LogP contribution in [0.5, 0.6) is 5.75 Å². The molecule has 2 aromatic heterocycles. The number of hydrogen-bond acceptors (Lipinski definition) is 4. The summed E-state index contributed by atoms with van der Waals surface area (Å²) in [6.45, 7) is 0.821. The lowest BCUT2D eigenvalue weighted by Crippen LogP contribution is -2.34. The van der Waals surface area contributed by atoms with Crippen LogP contribution < -0.4 is 5.32 Å². The van der Waals surface area contributed by atoms with Gasteiger partial charge in [-0.25, -0.2) is 0 Å². The maximum Gasteiger partial charge on any atom is 0.115 e. The lowest BCUT2D eigenvalue weighted by molar-refractivity contribution is 0.450. The molecule has 0 spiro atoms. The van der Waals surface area contributed by atoms with Gasteiger partial charge in [-0.05, 0) is 54.0 Å². The predicted octanol–water partition coefficient (Wildman–Crippen LogP) is 3.49. The van der Waals surface area contributed by atoms with Gasteiger partial charge < -0.3 is 10.4 Å². The average Bonchev–Trinajstić information content (AvgIpc) is 3.23. The zero-order valence-corrected chi connectivity index (χ0v) is 13.6. The number of benzene rings is 1. The van der Waals surface area contributed by atoms with E-state index < -0.39 is 0 Å². The van der Waals surface area contributed by atoms with Crippen LogP contribution in [0.1, 0.15) is 23.1 Å². The van der Waals surface area contributed by atoms with Crippen LogP contribution in [-0.4, -0.2) is 21.3 Å². The maximum absolute atomic E-state index is 9.58. The van der Waals surface area contributed by atoms with Gasteiger partial charge in [0.15, 0.2) is 0 Å². The van der Waals surface area contributed by atoms with Crippen molar-refractivity contribution in [3.05, 3.63) is 58.6 Å². The van der Waals surface area contributed by atoms with Crippen molar-refractivity contribution in [2.75, 3.05) is 0 Å². The first kappa shape index (κ1) is 14.5. The summed E-state index contributed by atoms with van der Waals surface area (Å²) in [4.78, 5) is 1.23. The van der Waals surface area contributed by atoms with Crippen LogP contribution in [0, 0.1) is 0 Å². The molecule has 4 nitrogen and oxygen atoms in total. The van der Waals surface area contributed by atoms with Crippen molar-refractivity contribution in [2.45, 2.75) is 31.8 Å². The minimum absolute atomic E-state index is 0.370. The molecule has 3 aromatic rings. The highest BCUT2D eigenvalue weighted by Crippen LogP contribution is 2.27. The summed E-state index contributed by atoms with van der Waals surface area (Å²) in [5.74, 6) is 0.370. The predicted molar refractivity (Wildman–Crippen MR) is 92.7 cm³/mol. The van der Waals surface area contributed by atoms with Crippen LogP contribution in [0.25, 0.3) is 10.6 Å². The number of thiophene rings is 1. The van der Waals surface area contributed by atoms with E-state index >= 15 is 0 Å². The second-order valence-corrected chi connectivity index (χ2v) is 6.97. The Bertz CT molecular complexity index is 794. The number of aromatic amines is 1. The topological polar surface area (TPSA) is 60.9 Å². The normalized spacial score (nSPS) is 17.1. The SMILES string of the molecule is Oc1ccc2c(c1)CCC(NCc1cn[nH]c1-c1cccs1)C2. The molecule has 4 rings (SSSR count). The van der Waals surface area contributed by atoms with E-state index in [4.69, 9.17) is 0 Å². The molecule has 0 bridgehead atoms. The van der Waals surface area contributed by atoms with E-state index in [0.717, 1.165) is 31.5 Å². The molecule has 23 heavy (non-hydrogen) atoms. The number of aryl methyl sites for hydroxylation is 1.